The first-order valence-electron chi connectivity index (χ1n) is 10.1. The number of amides is 1. The van der Waals surface area contributed by atoms with E-state index in [4.69, 9.17) is 4.74 Å². The molecule has 32 heavy (non-hydrogen) atoms. The highest BCUT2D eigenvalue weighted by Gasteiger charge is 2.45. The standard InChI is InChI=1S/C22H20F2N4O4/c1-25-7-2-3-16(25)19(13-4-5-14(23)15(24)11-13)28-18-12-32-10-9-26(18)22(31)20-21(30)17(29)6-8-27(20)28/h2-8,11,18-19,30H,9-10,12H2,1H3/t18-,19-/m1/s1. The van der Waals surface area contributed by atoms with Crippen LogP contribution < -0.4 is 10.4 Å². The lowest BCUT2D eigenvalue weighted by atomic mass is 10.0. The minimum Gasteiger partial charge on any atom is -0.502 e. The number of carbonyl (C=O) groups excluding carboxylic acids is 1. The van der Waals surface area contributed by atoms with Crippen LogP contribution in [0.25, 0.3) is 0 Å². The first kappa shape index (κ1) is 20.3. The molecule has 1 aromatic carbocycles. The van der Waals surface area contributed by atoms with Gasteiger partial charge in [0.25, 0.3) is 5.91 Å². The fourth-order valence-corrected chi connectivity index (χ4v) is 4.43. The highest BCUT2D eigenvalue weighted by Crippen LogP contribution is 2.36. The molecule has 1 amide bonds. The molecular formula is C22H20F2N4O4. The average Bonchev–Trinajstić information content (AvgIpc) is 3.20. The van der Waals surface area contributed by atoms with Gasteiger partial charge in [-0.15, -0.1) is 0 Å². The van der Waals surface area contributed by atoms with Gasteiger partial charge in [-0.2, -0.15) is 0 Å². The number of benzene rings is 1. The Morgan fingerprint density at radius 2 is 1.94 bits per heavy atom. The number of carbonyl (C=O) groups is 1. The molecule has 2 atom stereocenters. The summed E-state index contributed by atoms with van der Waals surface area (Å²) in [6.07, 6.45) is 2.60. The van der Waals surface area contributed by atoms with Gasteiger partial charge in [0, 0.05) is 37.7 Å². The second-order valence-electron chi connectivity index (χ2n) is 7.78. The molecule has 0 unspecified atom stereocenters. The molecule has 2 aliphatic rings. The fraction of sp³-hybridized carbons (Fsp3) is 0.273. The van der Waals surface area contributed by atoms with Gasteiger partial charge in [-0.25, -0.2) is 8.78 Å². The largest absolute Gasteiger partial charge is 0.502 e. The van der Waals surface area contributed by atoms with Crippen molar-refractivity contribution in [1.82, 2.24) is 14.1 Å². The molecule has 0 spiro atoms. The van der Waals surface area contributed by atoms with Crippen molar-refractivity contribution in [3.8, 4) is 5.75 Å². The average molecular weight is 442 g/mol. The smallest absolute Gasteiger partial charge is 0.278 e. The molecule has 0 saturated carbocycles. The SMILES string of the molecule is Cn1cccc1[C@@H](c1ccc(F)c(F)c1)N1[C@@H]2COCCN2C(=O)c2c(O)c(=O)ccn21. The first-order valence-corrected chi connectivity index (χ1v) is 10.1. The number of fused-ring (bicyclic) bond motifs is 2. The predicted octanol–water partition coefficient (Wildman–Crippen LogP) is 1.71. The number of aromatic hydroxyl groups is 1. The van der Waals surface area contributed by atoms with E-state index in [1.165, 1.54) is 21.8 Å². The van der Waals surface area contributed by atoms with Crippen molar-refractivity contribution >= 4 is 5.91 Å². The van der Waals surface area contributed by atoms with Crippen molar-refractivity contribution < 1.29 is 23.4 Å². The van der Waals surface area contributed by atoms with E-state index in [9.17, 15) is 23.5 Å². The molecule has 1 fully saturated rings. The second kappa shape index (κ2) is 7.49. The van der Waals surface area contributed by atoms with Crippen LogP contribution in [-0.4, -0.2) is 51.1 Å². The second-order valence-corrected chi connectivity index (χ2v) is 7.78. The van der Waals surface area contributed by atoms with Crippen molar-refractivity contribution in [2.75, 3.05) is 24.8 Å². The Balaban J connectivity index is 1.79. The van der Waals surface area contributed by atoms with Crippen LogP contribution in [0.1, 0.15) is 27.8 Å². The Hall–Kier alpha value is -3.66. The number of ether oxygens (including phenoxy) is 1. The van der Waals surface area contributed by atoms with Crippen LogP contribution in [0.5, 0.6) is 5.75 Å². The summed E-state index contributed by atoms with van der Waals surface area (Å²) in [5.41, 5.74) is 0.284. The maximum Gasteiger partial charge on any atom is 0.278 e. The van der Waals surface area contributed by atoms with Crippen LogP contribution in [0.2, 0.25) is 0 Å². The number of aryl methyl sites for hydroxylation is 1. The maximum absolute atomic E-state index is 14.3. The van der Waals surface area contributed by atoms with Crippen molar-refractivity contribution in [1.29, 1.82) is 0 Å². The van der Waals surface area contributed by atoms with Crippen LogP contribution in [-0.2, 0) is 11.8 Å². The Morgan fingerprint density at radius 3 is 2.66 bits per heavy atom. The number of hydrogen-bond acceptors (Lipinski definition) is 5. The van der Waals surface area contributed by atoms with Crippen LogP contribution >= 0.6 is 0 Å². The van der Waals surface area contributed by atoms with E-state index in [1.54, 1.807) is 5.01 Å². The molecule has 5 rings (SSSR count). The molecule has 8 nitrogen and oxygen atoms in total. The third-order valence-corrected chi connectivity index (χ3v) is 5.96. The molecule has 1 N–H and O–H groups in total. The Bertz CT molecular complexity index is 1270. The molecule has 2 aromatic heterocycles. The lowest BCUT2D eigenvalue weighted by molar-refractivity contribution is -0.0199. The van der Waals surface area contributed by atoms with E-state index in [1.807, 2.05) is 29.9 Å². The van der Waals surface area contributed by atoms with Gasteiger partial charge in [-0.1, -0.05) is 6.07 Å². The van der Waals surface area contributed by atoms with Crippen molar-refractivity contribution in [3.05, 3.63) is 87.6 Å². The summed E-state index contributed by atoms with van der Waals surface area (Å²) in [4.78, 5) is 26.8. The molecule has 1 saturated heterocycles. The normalized spacial score (nSPS) is 19.0. The van der Waals surface area contributed by atoms with E-state index in [2.05, 4.69) is 0 Å². The summed E-state index contributed by atoms with van der Waals surface area (Å²) in [6.45, 7) is 0.705. The molecule has 3 aromatic rings. The maximum atomic E-state index is 14.3. The molecule has 0 bridgehead atoms. The number of aromatic nitrogens is 2. The van der Waals surface area contributed by atoms with E-state index in [0.717, 1.165) is 23.9 Å². The summed E-state index contributed by atoms with van der Waals surface area (Å²) in [7, 11) is 1.82. The first-order chi connectivity index (χ1) is 15.4. The van der Waals surface area contributed by atoms with E-state index < -0.39 is 40.9 Å². The van der Waals surface area contributed by atoms with Gasteiger partial charge in [0.1, 0.15) is 12.2 Å². The zero-order valence-corrected chi connectivity index (χ0v) is 17.1. The Morgan fingerprint density at radius 1 is 1.12 bits per heavy atom. The lowest BCUT2D eigenvalue weighted by Crippen LogP contribution is -2.66. The van der Waals surface area contributed by atoms with Crippen LogP contribution in [0, 0.1) is 11.6 Å². The summed E-state index contributed by atoms with van der Waals surface area (Å²) in [6, 6.07) is 7.74. The van der Waals surface area contributed by atoms with Crippen molar-refractivity contribution in [2.45, 2.75) is 12.2 Å². The summed E-state index contributed by atoms with van der Waals surface area (Å²) in [5.74, 6) is -3.14. The number of morpholine rings is 1. The Kier molecular flexibility index (Phi) is 4.74. The molecule has 10 heteroatoms. The number of pyridine rings is 1. The minimum absolute atomic E-state index is 0.155. The van der Waals surface area contributed by atoms with Gasteiger partial charge in [-0.3, -0.25) is 19.3 Å². The van der Waals surface area contributed by atoms with Crippen LogP contribution in [0.4, 0.5) is 8.78 Å². The summed E-state index contributed by atoms with van der Waals surface area (Å²) in [5, 5.41) is 12.2. The monoisotopic (exact) mass is 442 g/mol. The van der Waals surface area contributed by atoms with E-state index >= 15 is 0 Å². The number of rotatable bonds is 3. The number of halogens is 2. The zero-order chi connectivity index (χ0) is 22.6. The van der Waals surface area contributed by atoms with Crippen molar-refractivity contribution in [3.63, 3.8) is 0 Å². The molecule has 166 valence electrons. The van der Waals surface area contributed by atoms with Gasteiger partial charge in [0.05, 0.1) is 13.2 Å². The highest BCUT2D eigenvalue weighted by atomic mass is 19.2. The topological polar surface area (TPSA) is 79.9 Å². The summed E-state index contributed by atoms with van der Waals surface area (Å²) < 4.78 is 36.9. The highest BCUT2D eigenvalue weighted by molar-refractivity contribution is 5.96. The minimum atomic E-state index is -1.01. The number of hydrogen-bond donors (Lipinski definition) is 1. The molecular weight excluding hydrogens is 422 g/mol. The molecule has 0 radical (unpaired) electrons. The zero-order valence-electron chi connectivity index (χ0n) is 17.1. The Labute approximate surface area is 181 Å². The van der Waals surface area contributed by atoms with Gasteiger partial charge < -0.3 is 19.3 Å². The van der Waals surface area contributed by atoms with Gasteiger partial charge in [0.15, 0.2) is 23.1 Å². The van der Waals surface area contributed by atoms with Crippen LogP contribution in [0.15, 0.2) is 53.6 Å². The lowest BCUT2D eigenvalue weighted by Gasteiger charge is -2.51. The van der Waals surface area contributed by atoms with Gasteiger partial charge in [-0.05, 0) is 29.8 Å². The predicted molar refractivity (Wildman–Crippen MR) is 110 cm³/mol. The third kappa shape index (κ3) is 2.98. The van der Waals surface area contributed by atoms with Gasteiger partial charge in [0.2, 0.25) is 5.43 Å². The van der Waals surface area contributed by atoms with E-state index in [-0.39, 0.29) is 18.8 Å². The van der Waals surface area contributed by atoms with E-state index in [0.29, 0.717) is 12.2 Å². The molecule has 0 aliphatic carbocycles. The third-order valence-electron chi connectivity index (χ3n) is 5.96. The fourth-order valence-electron chi connectivity index (χ4n) is 4.43. The quantitative estimate of drug-likeness (QED) is 0.668. The summed E-state index contributed by atoms with van der Waals surface area (Å²) >= 11 is 0. The molecule has 4 heterocycles. The van der Waals surface area contributed by atoms with Gasteiger partial charge >= 0.3 is 0 Å². The number of nitrogens with zero attached hydrogens (tertiary/aromatic N) is 4. The van der Waals surface area contributed by atoms with Crippen molar-refractivity contribution in [2.24, 2.45) is 7.05 Å². The van der Waals surface area contributed by atoms with Crippen LogP contribution in [0.3, 0.4) is 0 Å². The molecule has 2 aliphatic heterocycles.